The Bertz CT molecular complexity index is 1820. The van der Waals surface area contributed by atoms with Crippen molar-refractivity contribution in [2.24, 2.45) is 28.1 Å². The van der Waals surface area contributed by atoms with Gasteiger partial charge in [0.15, 0.2) is 0 Å². The molecule has 270 valence electrons. The number of hydrogen-bond donors (Lipinski definition) is 1. The van der Waals surface area contributed by atoms with E-state index >= 15 is 0 Å². The van der Waals surface area contributed by atoms with Crippen molar-refractivity contribution in [1.82, 2.24) is 19.6 Å². The van der Waals surface area contributed by atoms with Gasteiger partial charge in [0.25, 0.3) is 5.91 Å². The standard InChI is InChI=1S/C41H49FN4O5/c1-39(2)17-34(39)37(48)45-25-41(26-45)24-44(36(47)30-18-43-46(20-30)19-27-7-9-32(42)10-8-27)21-31(41)23-51-22-29-5-3-6-33(35(29)38(49)50)28-11-15-40(16-12-28)13-4-14-40/h3,5-10,18,20,28,31,34H,4,11-17,19,21-26H2,1-2H3,(H,49,50)/t31?,34-/m1/s1. The number of ether oxygens (including phenoxy) is 1. The van der Waals surface area contributed by atoms with E-state index in [1.54, 1.807) is 29.2 Å². The Kier molecular flexibility index (Phi) is 8.59. The topological polar surface area (TPSA) is 105 Å². The highest BCUT2D eigenvalue weighted by molar-refractivity contribution is 5.94. The van der Waals surface area contributed by atoms with Gasteiger partial charge in [-0.2, -0.15) is 5.10 Å². The number of hydrogen-bond acceptors (Lipinski definition) is 5. The van der Waals surface area contributed by atoms with E-state index in [2.05, 4.69) is 18.9 Å². The Hall–Kier alpha value is -4.05. The lowest BCUT2D eigenvalue weighted by atomic mass is 9.58. The molecule has 2 spiro atoms. The average molecular weight is 697 g/mol. The fraction of sp³-hybridized carbons (Fsp3) is 0.561. The summed E-state index contributed by atoms with van der Waals surface area (Å²) in [5, 5.41) is 14.8. The summed E-state index contributed by atoms with van der Waals surface area (Å²) in [4.78, 5) is 43.6. The highest BCUT2D eigenvalue weighted by atomic mass is 19.1. The van der Waals surface area contributed by atoms with Crippen LogP contribution < -0.4 is 0 Å². The molecule has 51 heavy (non-hydrogen) atoms. The summed E-state index contributed by atoms with van der Waals surface area (Å²) >= 11 is 0. The Morgan fingerprint density at radius 3 is 2.33 bits per heavy atom. The molecule has 2 atom stereocenters. The zero-order valence-electron chi connectivity index (χ0n) is 29.8. The first kappa shape index (κ1) is 34.1. The second kappa shape index (κ2) is 12.9. The third kappa shape index (κ3) is 6.49. The Labute approximate surface area is 299 Å². The van der Waals surface area contributed by atoms with Crippen molar-refractivity contribution < 1.29 is 28.6 Å². The number of amides is 2. The van der Waals surface area contributed by atoms with Gasteiger partial charge in [-0.3, -0.25) is 14.3 Å². The number of halogens is 1. The van der Waals surface area contributed by atoms with E-state index in [4.69, 9.17) is 4.74 Å². The zero-order chi connectivity index (χ0) is 35.5. The van der Waals surface area contributed by atoms with Gasteiger partial charge >= 0.3 is 5.97 Å². The van der Waals surface area contributed by atoms with E-state index in [9.17, 15) is 23.9 Å². The van der Waals surface area contributed by atoms with Crippen LogP contribution in [0.1, 0.15) is 109 Å². The van der Waals surface area contributed by atoms with Gasteiger partial charge < -0.3 is 19.6 Å². The summed E-state index contributed by atoms with van der Waals surface area (Å²) in [7, 11) is 0. The van der Waals surface area contributed by atoms with Crippen LogP contribution in [-0.4, -0.2) is 75.3 Å². The maximum atomic E-state index is 13.9. The monoisotopic (exact) mass is 696 g/mol. The summed E-state index contributed by atoms with van der Waals surface area (Å²) in [5.74, 6) is -0.821. The molecule has 2 amide bonds. The highest BCUT2D eigenvalue weighted by Gasteiger charge is 2.60. The number of rotatable bonds is 10. The molecule has 2 saturated heterocycles. The molecule has 3 saturated carbocycles. The summed E-state index contributed by atoms with van der Waals surface area (Å²) in [6, 6.07) is 12.1. The fourth-order valence-electron chi connectivity index (χ4n) is 9.65. The van der Waals surface area contributed by atoms with Crippen LogP contribution in [0.2, 0.25) is 0 Å². The highest BCUT2D eigenvalue weighted by Crippen LogP contribution is 2.56. The molecule has 3 aliphatic carbocycles. The third-order valence-electron chi connectivity index (χ3n) is 13.2. The number of aromatic nitrogens is 2. The van der Waals surface area contributed by atoms with Crippen LogP contribution in [0.3, 0.4) is 0 Å². The lowest BCUT2D eigenvalue weighted by Gasteiger charge is -2.51. The van der Waals surface area contributed by atoms with Gasteiger partial charge in [-0.05, 0) is 90.5 Å². The quantitative estimate of drug-likeness (QED) is 0.251. The van der Waals surface area contributed by atoms with Gasteiger partial charge in [0, 0.05) is 49.6 Å². The first-order valence-electron chi connectivity index (χ1n) is 18.7. The van der Waals surface area contributed by atoms with Crippen LogP contribution >= 0.6 is 0 Å². The normalized spacial score (nSPS) is 24.4. The van der Waals surface area contributed by atoms with Crippen LogP contribution in [-0.2, 0) is 22.7 Å². The smallest absolute Gasteiger partial charge is 0.336 e. The first-order valence-corrected chi connectivity index (χ1v) is 18.7. The second-order valence-electron chi connectivity index (χ2n) is 17.1. The first-order chi connectivity index (χ1) is 24.4. The maximum absolute atomic E-state index is 13.9. The molecule has 10 heteroatoms. The van der Waals surface area contributed by atoms with E-state index < -0.39 is 5.97 Å². The Morgan fingerprint density at radius 1 is 0.980 bits per heavy atom. The molecule has 0 bridgehead atoms. The maximum Gasteiger partial charge on any atom is 0.336 e. The van der Waals surface area contributed by atoms with Gasteiger partial charge in [0.2, 0.25) is 5.91 Å². The lowest BCUT2D eigenvalue weighted by molar-refractivity contribution is -0.148. The van der Waals surface area contributed by atoms with Gasteiger partial charge in [-0.1, -0.05) is 50.6 Å². The molecule has 0 radical (unpaired) electrons. The second-order valence-corrected chi connectivity index (χ2v) is 17.1. The number of carbonyl (C=O) groups excluding carboxylic acids is 2. The Balaban J connectivity index is 0.954. The van der Waals surface area contributed by atoms with Crippen molar-refractivity contribution in [1.29, 1.82) is 0 Å². The van der Waals surface area contributed by atoms with Crippen molar-refractivity contribution in [2.75, 3.05) is 32.8 Å². The van der Waals surface area contributed by atoms with E-state index in [1.165, 1.54) is 44.2 Å². The van der Waals surface area contributed by atoms with Crippen molar-refractivity contribution >= 4 is 17.8 Å². The summed E-state index contributed by atoms with van der Waals surface area (Å²) in [5.41, 5.74) is 3.64. The van der Waals surface area contributed by atoms with Crippen LogP contribution in [0.15, 0.2) is 54.9 Å². The lowest BCUT2D eigenvalue weighted by Crippen LogP contribution is -2.63. The van der Waals surface area contributed by atoms with E-state index in [-0.39, 0.29) is 52.8 Å². The molecule has 3 heterocycles. The van der Waals surface area contributed by atoms with Gasteiger partial charge in [0.1, 0.15) is 5.82 Å². The van der Waals surface area contributed by atoms with Crippen molar-refractivity contribution in [3.8, 4) is 0 Å². The van der Waals surface area contributed by atoms with E-state index in [1.807, 2.05) is 28.0 Å². The number of benzene rings is 2. The molecular weight excluding hydrogens is 647 g/mol. The number of carbonyl (C=O) groups is 3. The fourth-order valence-corrected chi connectivity index (χ4v) is 9.65. The van der Waals surface area contributed by atoms with Gasteiger partial charge in [-0.15, -0.1) is 0 Å². The molecule has 2 aliphatic heterocycles. The minimum Gasteiger partial charge on any atom is -0.478 e. The molecule has 5 fully saturated rings. The molecule has 9 nitrogen and oxygen atoms in total. The third-order valence-corrected chi connectivity index (χ3v) is 13.2. The van der Waals surface area contributed by atoms with Crippen LogP contribution in [0.5, 0.6) is 0 Å². The van der Waals surface area contributed by atoms with E-state index in [0.717, 1.165) is 30.4 Å². The molecule has 2 aromatic carbocycles. The van der Waals surface area contributed by atoms with Crippen molar-refractivity contribution in [3.63, 3.8) is 0 Å². The van der Waals surface area contributed by atoms with Crippen molar-refractivity contribution in [3.05, 3.63) is 88.5 Å². The van der Waals surface area contributed by atoms with Crippen LogP contribution in [0.4, 0.5) is 4.39 Å². The molecule has 3 aromatic rings. The molecule has 1 N–H and O–H groups in total. The molecular formula is C41H49FN4O5. The predicted molar refractivity (Wildman–Crippen MR) is 189 cm³/mol. The molecule has 5 aliphatic rings. The number of carboxylic acids is 1. The van der Waals surface area contributed by atoms with Crippen molar-refractivity contribution in [2.45, 2.75) is 84.3 Å². The van der Waals surface area contributed by atoms with Gasteiger partial charge in [0.05, 0.1) is 37.1 Å². The molecule has 1 aromatic heterocycles. The largest absolute Gasteiger partial charge is 0.478 e. The van der Waals surface area contributed by atoms with E-state index in [0.29, 0.717) is 61.4 Å². The number of likely N-dealkylation sites (tertiary alicyclic amines) is 2. The minimum atomic E-state index is -0.904. The summed E-state index contributed by atoms with van der Waals surface area (Å²) < 4.78 is 21.5. The van der Waals surface area contributed by atoms with Crippen LogP contribution in [0.25, 0.3) is 0 Å². The zero-order valence-corrected chi connectivity index (χ0v) is 29.8. The molecule has 1 unspecified atom stereocenters. The number of nitrogens with zero attached hydrogens (tertiary/aromatic N) is 4. The van der Waals surface area contributed by atoms with Gasteiger partial charge in [-0.25, -0.2) is 9.18 Å². The summed E-state index contributed by atoms with van der Waals surface area (Å²) in [6.07, 6.45) is 12.6. The number of carboxylic acid groups (broad SMARTS) is 1. The minimum absolute atomic E-state index is 0.0135. The average Bonchev–Trinajstić information content (AvgIpc) is 3.37. The summed E-state index contributed by atoms with van der Waals surface area (Å²) in [6.45, 7) is 7.39. The Morgan fingerprint density at radius 2 is 1.69 bits per heavy atom. The molecule has 8 rings (SSSR count). The van der Waals surface area contributed by atoms with Crippen LogP contribution in [0, 0.1) is 33.9 Å². The number of aromatic carboxylic acids is 1. The predicted octanol–water partition coefficient (Wildman–Crippen LogP) is 6.76. The SMILES string of the molecule is CC1(C)C[C@@H]1C(=O)N1CC2(CN(C(=O)c3cnn(Cc4ccc(F)cc4)c3)CC2COCc2cccc(C3CCC4(CCC4)CC3)c2C(=O)O)C1.